The van der Waals surface area contributed by atoms with Gasteiger partial charge in [0.1, 0.15) is 5.60 Å². The van der Waals surface area contributed by atoms with Crippen molar-refractivity contribution < 1.29 is 9.90 Å². The van der Waals surface area contributed by atoms with Crippen LogP contribution in [0.3, 0.4) is 0 Å². The molecule has 0 aliphatic heterocycles. The molecule has 0 unspecified atom stereocenters. The van der Waals surface area contributed by atoms with E-state index in [0.717, 1.165) is 10.3 Å². The Bertz CT molecular complexity index is 846. The van der Waals surface area contributed by atoms with Crippen molar-refractivity contribution in [2.75, 3.05) is 11.1 Å². The van der Waals surface area contributed by atoms with Crippen LogP contribution in [0.4, 0.5) is 5.69 Å². The van der Waals surface area contributed by atoms with Crippen molar-refractivity contribution in [1.82, 2.24) is 0 Å². The summed E-state index contributed by atoms with van der Waals surface area (Å²) in [6, 6.07) is 23.4. The summed E-state index contributed by atoms with van der Waals surface area (Å²) in [6.45, 7) is 1.54. The average Bonchev–Trinajstić information content (AvgIpc) is 2.60. The van der Waals surface area contributed by atoms with Gasteiger partial charge in [0.05, 0.1) is 0 Å². The summed E-state index contributed by atoms with van der Waals surface area (Å²) in [5.41, 5.74) is -0.773. The molecule has 0 aliphatic carbocycles. The predicted octanol–water partition coefficient (Wildman–Crippen LogP) is 4.32. The van der Waals surface area contributed by atoms with Gasteiger partial charge in [0.25, 0.3) is 5.91 Å². The number of aliphatic hydroxyl groups is 1. The van der Waals surface area contributed by atoms with Gasteiger partial charge in [-0.05, 0) is 42.0 Å². The van der Waals surface area contributed by atoms with E-state index in [2.05, 4.69) is 29.6 Å². The van der Waals surface area contributed by atoms with Crippen LogP contribution in [0.2, 0.25) is 0 Å². The van der Waals surface area contributed by atoms with Gasteiger partial charge in [-0.3, -0.25) is 4.79 Å². The average molecular weight is 337 g/mol. The van der Waals surface area contributed by atoms with Gasteiger partial charge < -0.3 is 10.4 Å². The van der Waals surface area contributed by atoms with E-state index >= 15 is 0 Å². The standard InChI is InChI=1S/C20H19NO2S/c1-20(23,19(22)21-17-9-3-2-4-10-17)14-24-18-12-11-15-7-5-6-8-16(15)13-18/h2-13,23H,14H2,1H3,(H,21,22)/t20-/m1/s1. The highest BCUT2D eigenvalue weighted by Crippen LogP contribution is 2.27. The quantitative estimate of drug-likeness (QED) is 0.682. The highest BCUT2D eigenvalue weighted by Gasteiger charge is 2.30. The zero-order valence-corrected chi connectivity index (χ0v) is 14.2. The topological polar surface area (TPSA) is 49.3 Å². The minimum absolute atomic E-state index is 0.282. The number of rotatable bonds is 5. The Hall–Kier alpha value is -2.30. The molecule has 4 heteroatoms. The molecule has 0 saturated heterocycles. The van der Waals surface area contributed by atoms with E-state index in [0.29, 0.717) is 5.69 Å². The lowest BCUT2D eigenvalue weighted by Crippen LogP contribution is -2.42. The molecule has 0 heterocycles. The Morgan fingerprint density at radius 1 is 1.00 bits per heavy atom. The first-order valence-electron chi connectivity index (χ1n) is 7.75. The molecule has 1 atom stereocenters. The second-order valence-corrected chi connectivity index (χ2v) is 6.94. The molecule has 122 valence electrons. The van der Waals surface area contributed by atoms with Crippen molar-refractivity contribution in [3.8, 4) is 0 Å². The molecule has 24 heavy (non-hydrogen) atoms. The Morgan fingerprint density at radius 3 is 2.42 bits per heavy atom. The maximum atomic E-state index is 12.3. The van der Waals surface area contributed by atoms with Crippen LogP contribution in [0, 0.1) is 0 Å². The van der Waals surface area contributed by atoms with E-state index in [1.54, 1.807) is 19.1 Å². The fourth-order valence-corrected chi connectivity index (χ4v) is 3.29. The third-order valence-electron chi connectivity index (χ3n) is 3.76. The van der Waals surface area contributed by atoms with Crippen LogP contribution in [0.15, 0.2) is 77.7 Å². The second-order valence-electron chi connectivity index (χ2n) is 5.89. The summed E-state index contributed by atoms with van der Waals surface area (Å²) >= 11 is 1.47. The lowest BCUT2D eigenvalue weighted by molar-refractivity contribution is -0.130. The molecule has 1 amide bonds. The fourth-order valence-electron chi connectivity index (χ4n) is 2.33. The number of thioether (sulfide) groups is 1. The molecule has 3 nitrogen and oxygen atoms in total. The zero-order chi connectivity index (χ0) is 17.0. The highest BCUT2D eigenvalue weighted by atomic mass is 32.2. The van der Waals surface area contributed by atoms with E-state index < -0.39 is 11.5 Å². The molecule has 0 aliphatic rings. The molecule has 3 aromatic rings. The molecule has 3 rings (SSSR count). The summed E-state index contributed by atoms with van der Waals surface area (Å²) in [5.74, 6) is -0.119. The van der Waals surface area contributed by atoms with Crippen LogP contribution >= 0.6 is 11.8 Å². The Kier molecular flexibility index (Phi) is 4.88. The maximum absolute atomic E-state index is 12.3. The molecular formula is C20H19NO2S. The lowest BCUT2D eigenvalue weighted by atomic mass is 10.1. The molecule has 0 fully saturated rings. The van der Waals surface area contributed by atoms with Crippen LogP contribution < -0.4 is 5.32 Å². The van der Waals surface area contributed by atoms with Crippen LogP contribution in [-0.2, 0) is 4.79 Å². The van der Waals surface area contributed by atoms with Crippen molar-refractivity contribution in [2.45, 2.75) is 17.4 Å². The van der Waals surface area contributed by atoms with E-state index in [1.165, 1.54) is 17.1 Å². The normalized spacial score (nSPS) is 13.4. The highest BCUT2D eigenvalue weighted by molar-refractivity contribution is 7.99. The lowest BCUT2D eigenvalue weighted by Gasteiger charge is -2.22. The smallest absolute Gasteiger partial charge is 0.256 e. The minimum atomic E-state index is -1.45. The van der Waals surface area contributed by atoms with Crippen LogP contribution in [0.1, 0.15) is 6.92 Å². The molecule has 0 saturated carbocycles. The second kappa shape index (κ2) is 7.07. The molecular weight excluding hydrogens is 318 g/mol. The van der Waals surface area contributed by atoms with E-state index in [1.807, 2.05) is 36.4 Å². The van der Waals surface area contributed by atoms with Gasteiger partial charge in [0, 0.05) is 16.3 Å². The van der Waals surface area contributed by atoms with E-state index in [9.17, 15) is 9.90 Å². The Balaban J connectivity index is 1.66. The minimum Gasteiger partial charge on any atom is -0.379 e. The van der Waals surface area contributed by atoms with Crippen LogP contribution in [0.5, 0.6) is 0 Å². The van der Waals surface area contributed by atoms with Crippen LogP contribution in [0.25, 0.3) is 10.8 Å². The van der Waals surface area contributed by atoms with Crippen molar-refractivity contribution in [3.05, 3.63) is 72.8 Å². The van der Waals surface area contributed by atoms with Gasteiger partial charge in [-0.1, -0.05) is 48.5 Å². The van der Waals surface area contributed by atoms with Crippen LogP contribution in [-0.4, -0.2) is 22.4 Å². The molecule has 0 radical (unpaired) electrons. The van der Waals surface area contributed by atoms with E-state index in [-0.39, 0.29) is 5.75 Å². The Labute approximate surface area is 145 Å². The summed E-state index contributed by atoms with van der Waals surface area (Å²) in [7, 11) is 0. The van der Waals surface area contributed by atoms with Crippen molar-refractivity contribution in [1.29, 1.82) is 0 Å². The molecule has 0 spiro atoms. The Morgan fingerprint density at radius 2 is 1.67 bits per heavy atom. The molecule has 2 N–H and O–H groups in total. The maximum Gasteiger partial charge on any atom is 0.256 e. The SMILES string of the molecule is C[C@@](O)(CSc1ccc2ccccc2c1)C(=O)Nc1ccccc1. The van der Waals surface area contributed by atoms with E-state index in [4.69, 9.17) is 0 Å². The largest absolute Gasteiger partial charge is 0.379 e. The van der Waals surface area contributed by atoms with Gasteiger partial charge in [-0.15, -0.1) is 11.8 Å². The first-order chi connectivity index (χ1) is 11.5. The van der Waals surface area contributed by atoms with Crippen molar-refractivity contribution in [2.24, 2.45) is 0 Å². The first kappa shape index (κ1) is 16.6. The van der Waals surface area contributed by atoms with Gasteiger partial charge in [-0.2, -0.15) is 0 Å². The first-order valence-corrected chi connectivity index (χ1v) is 8.74. The number of carbonyl (C=O) groups excluding carboxylic acids is 1. The van der Waals surface area contributed by atoms with Crippen molar-refractivity contribution >= 4 is 34.1 Å². The van der Waals surface area contributed by atoms with Crippen molar-refractivity contribution in [3.63, 3.8) is 0 Å². The summed E-state index contributed by atoms with van der Waals surface area (Å²) in [5, 5.41) is 15.6. The molecule has 3 aromatic carbocycles. The monoisotopic (exact) mass is 337 g/mol. The zero-order valence-electron chi connectivity index (χ0n) is 13.4. The number of anilines is 1. The third-order valence-corrected chi connectivity index (χ3v) is 5.06. The van der Waals surface area contributed by atoms with Gasteiger partial charge in [0.2, 0.25) is 0 Å². The summed E-state index contributed by atoms with van der Waals surface area (Å²) < 4.78 is 0. The number of hydrogen-bond acceptors (Lipinski definition) is 3. The number of benzene rings is 3. The van der Waals surface area contributed by atoms with Gasteiger partial charge in [0.15, 0.2) is 0 Å². The number of nitrogens with one attached hydrogen (secondary N) is 1. The number of fused-ring (bicyclic) bond motifs is 1. The molecule has 0 aromatic heterocycles. The number of amides is 1. The fraction of sp³-hybridized carbons (Fsp3) is 0.150. The predicted molar refractivity (Wildman–Crippen MR) is 100 cm³/mol. The third kappa shape index (κ3) is 3.96. The molecule has 0 bridgehead atoms. The number of carbonyl (C=O) groups is 1. The summed E-state index contributed by atoms with van der Waals surface area (Å²) in [6.07, 6.45) is 0. The van der Waals surface area contributed by atoms with Gasteiger partial charge in [-0.25, -0.2) is 0 Å². The van der Waals surface area contributed by atoms with Gasteiger partial charge >= 0.3 is 0 Å². The number of hydrogen-bond donors (Lipinski definition) is 2. The summed E-state index contributed by atoms with van der Waals surface area (Å²) in [4.78, 5) is 13.3. The number of para-hydroxylation sites is 1.